The molecule has 0 aliphatic carbocycles. The lowest BCUT2D eigenvalue weighted by Crippen LogP contribution is -1.99. The Morgan fingerprint density at radius 2 is 2.06 bits per heavy atom. The average molecular weight is 306 g/mol. The van der Waals surface area contributed by atoms with Gasteiger partial charge in [-0.2, -0.15) is 4.20 Å². The fourth-order valence-electron chi connectivity index (χ4n) is 1.65. The molecule has 94 valence electrons. The lowest BCUT2D eigenvalue weighted by atomic mass is 10.1. The molecule has 0 saturated carbocycles. The molecule has 1 heterocycles. The Kier molecular flexibility index (Phi) is 3.52. The fourth-order valence-corrected chi connectivity index (χ4v) is 2.44. The highest BCUT2D eigenvalue weighted by Crippen LogP contribution is 2.34. The van der Waals surface area contributed by atoms with Gasteiger partial charge in [0.15, 0.2) is 5.69 Å². The van der Waals surface area contributed by atoms with Gasteiger partial charge in [0.2, 0.25) is 0 Å². The second-order valence-electron chi connectivity index (χ2n) is 3.61. The van der Waals surface area contributed by atoms with Crippen molar-refractivity contribution in [2.75, 3.05) is 0 Å². The topological polar surface area (TPSA) is 55.1 Å². The third kappa shape index (κ3) is 2.19. The van der Waals surface area contributed by atoms with E-state index >= 15 is 0 Å². The van der Waals surface area contributed by atoms with Crippen molar-refractivity contribution < 1.29 is 9.90 Å². The second kappa shape index (κ2) is 4.80. The molecular formula is C11H7Cl3N2O2. The van der Waals surface area contributed by atoms with Crippen LogP contribution in [0.25, 0.3) is 11.3 Å². The van der Waals surface area contributed by atoms with Crippen molar-refractivity contribution in [2.45, 2.75) is 6.92 Å². The molecule has 2 rings (SSSR count). The van der Waals surface area contributed by atoms with Crippen molar-refractivity contribution >= 4 is 40.9 Å². The molecule has 2 aromatic rings. The third-order valence-electron chi connectivity index (χ3n) is 2.47. The van der Waals surface area contributed by atoms with Crippen molar-refractivity contribution in [1.82, 2.24) is 9.30 Å². The first-order chi connectivity index (χ1) is 8.41. The van der Waals surface area contributed by atoms with Crippen LogP contribution in [0.3, 0.4) is 0 Å². The maximum Gasteiger partial charge on any atom is 0.356 e. The van der Waals surface area contributed by atoms with Crippen LogP contribution in [0.4, 0.5) is 0 Å². The SMILES string of the molecule is Cc1c(C(=O)O)nn(Cl)c1-c1ccc(Cl)cc1Cl. The molecule has 0 aliphatic heterocycles. The maximum atomic E-state index is 11.0. The molecule has 0 atom stereocenters. The monoisotopic (exact) mass is 304 g/mol. The Bertz CT molecular complexity index is 637. The number of carbonyl (C=O) groups is 1. The summed E-state index contributed by atoms with van der Waals surface area (Å²) in [5.41, 5.74) is 1.36. The first-order valence-electron chi connectivity index (χ1n) is 4.86. The zero-order valence-corrected chi connectivity index (χ0v) is 11.4. The molecule has 0 spiro atoms. The summed E-state index contributed by atoms with van der Waals surface area (Å²) < 4.78 is 0.980. The van der Waals surface area contributed by atoms with E-state index in [1.165, 1.54) is 0 Å². The van der Waals surface area contributed by atoms with Crippen LogP contribution in [0.15, 0.2) is 18.2 Å². The van der Waals surface area contributed by atoms with Crippen LogP contribution in [-0.4, -0.2) is 20.4 Å². The van der Waals surface area contributed by atoms with Gasteiger partial charge in [0.05, 0.1) is 10.7 Å². The Labute approximate surface area is 118 Å². The van der Waals surface area contributed by atoms with Gasteiger partial charge in [0, 0.05) is 27.9 Å². The molecule has 0 aliphatic rings. The minimum atomic E-state index is -1.14. The third-order valence-corrected chi connectivity index (χ3v) is 3.26. The number of hydrogen-bond donors (Lipinski definition) is 1. The maximum absolute atomic E-state index is 11.0. The predicted molar refractivity (Wildman–Crippen MR) is 70.6 cm³/mol. The first-order valence-corrected chi connectivity index (χ1v) is 5.95. The zero-order chi connectivity index (χ0) is 13.4. The van der Waals surface area contributed by atoms with Crippen molar-refractivity contribution in [3.05, 3.63) is 39.5 Å². The van der Waals surface area contributed by atoms with Crippen LogP contribution < -0.4 is 0 Å². The van der Waals surface area contributed by atoms with E-state index in [0.717, 1.165) is 4.20 Å². The molecule has 1 N–H and O–H groups in total. The van der Waals surface area contributed by atoms with Crippen LogP contribution in [0, 0.1) is 6.92 Å². The minimum absolute atomic E-state index is 0.106. The van der Waals surface area contributed by atoms with E-state index in [1.807, 2.05) is 0 Å². The van der Waals surface area contributed by atoms with Crippen LogP contribution in [-0.2, 0) is 0 Å². The van der Waals surface area contributed by atoms with Crippen molar-refractivity contribution in [2.24, 2.45) is 0 Å². The largest absolute Gasteiger partial charge is 0.476 e. The predicted octanol–water partition coefficient (Wildman–Crippen LogP) is 3.87. The number of halogens is 3. The molecule has 1 aromatic heterocycles. The number of aromatic carboxylic acids is 1. The van der Waals surface area contributed by atoms with Crippen LogP contribution in [0.1, 0.15) is 16.1 Å². The molecular weight excluding hydrogens is 298 g/mol. The van der Waals surface area contributed by atoms with Crippen LogP contribution >= 0.6 is 35.0 Å². The summed E-state index contributed by atoms with van der Waals surface area (Å²) in [7, 11) is 0. The van der Waals surface area contributed by atoms with Gasteiger partial charge in [-0.15, -0.1) is 5.10 Å². The Morgan fingerprint density at radius 3 is 2.56 bits per heavy atom. The number of carboxylic acid groups (broad SMARTS) is 1. The van der Waals surface area contributed by atoms with Gasteiger partial charge in [0.25, 0.3) is 0 Å². The van der Waals surface area contributed by atoms with E-state index in [2.05, 4.69) is 5.10 Å². The molecule has 4 nitrogen and oxygen atoms in total. The van der Waals surface area contributed by atoms with E-state index in [4.69, 9.17) is 40.1 Å². The number of carboxylic acids is 1. The quantitative estimate of drug-likeness (QED) is 0.916. The molecule has 0 radical (unpaired) electrons. The summed E-state index contributed by atoms with van der Waals surface area (Å²) in [5, 5.41) is 13.6. The van der Waals surface area contributed by atoms with Gasteiger partial charge in [-0.3, -0.25) is 0 Å². The van der Waals surface area contributed by atoms with Crippen molar-refractivity contribution in [1.29, 1.82) is 0 Å². The number of aromatic nitrogens is 2. The summed E-state index contributed by atoms with van der Waals surface area (Å²) in [6.45, 7) is 1.62. The number of hydrogen-bond acceptors (Lipinski definition) is 2. The van der Waals surface area contributed by atoms with E-state index in [0.29, 0.717) is 26.9 Å². The van der Waals surface area contributed by atoms with Gasteiger partial charge >= 0.3 is 5.97 Å². The molecule has 18 heavy (non-hydrogen) atoms. The van der Waals surface area contributed by atoms with Gasteiger partial charge in [-0.25, -0.2) is 4.79 Å². The minimum Gasteiger partial charge on any atom is -0.476 e. The van der Waals surface area contributed by atoms with Crippen molar-refractivity contribution in [3.8, 4) is 11.3 Å². The van der Waals surface area contributed by atoms with Gasteiger partial charge in [0.1, 0.15) is 0 Å². The van der Waals surface area contributed by atoms with Crippen molar-refractivity contribution in [3.63, 3.8) is 0 Å². The molecule has 1 aromatic carbocycles. The first kappa shape index (κ1) is 13.2. The van der Waals surface area contributed by atoms with Gasteiger partial charge in [-0.05, 0) is 25.1 Å². The van der Waals surface area contributed by atoms with E-state index in [1.54, 1.807) is 25.1 Å². The molecule has 0 saturated heterocycles. The fraction of sp³-hybridized carbons (Fsp3) is 0.0909. The summed E-state index contributed by atoms with van der Waals surface area (Å²) in [4.78, 5) is 11.0. The molecule has 0 bridgehead atoms. The zero-order valence-electron chi connectivity index (χ0n) is 9.12. The molecule has 0 unspecified atom stereocenters. The highest BCUT2D eigenvalue weighted by atomic mass is 35.5. The molecule has 0 fully saturated rings. The molecule has 7 heteroatoms. The van der Waals surface area contributed by atoms with Gasteiger partial charge < -0.3 is 5.11 Å². The van der Waals surface area contributed by atoms with E-state index in [9.17, 15) is 4.79 Å². The van der Waals surface area contributed by atoms with E-state index in [-0.39, 0.29) is 5.69 Å². The van der Waals surface area contributed by atoms with E-state index < -0.39 is 5.97 Å². The smallest absolute Gasteiger partial charge is 0.356 e. The number of nitrogens with zero attached hydrogens (tertiary/aromatic N) is 2. The lowest BCUT2D eigenvalue weighted by molar-refractivity contribution is 0.0689. The number of rotatable bonds is 2. The Balaban J connectivity index is 2.68. The Hall–Kier alpha value is -1.23. The summed E-state index contributed by atoms with van der Waals surface area (Å²) >= 11 is 17.8. The Morgan fingerprint density at radius 1 is 1.39 bits per heavy atom. The summed E-state index contributed by atoms with van der Waals surface area (Å²) in [6.07, 6.45) is 0. The standard InChI is InChI=1S/C11H7Cl3N2O2/c1-5-9(11(17)18)15-16(14)10(5)7-3-2-6(12)4-8(7)13/h2-4H,1H3,(H,17,18). The highest BCUT2D eigenvalue weighted by molar-refractivity contribution is 6.36. The summed E-state index contributed by atoms with van der Waals surface area (Å²) in [5.74, 6) is -1.14. The normalized spacial score (nSPS) is 10.7. The average Bonchev–Trinajstić information content (AvgIpc) is 2.56. The second-order valence-corrected chi connectivity index (χ2v) is 4.78. The number of benzene rings is 1. The lowest BCUT2D eigenvalue weighted by Gasteiger charge is -2.05. The van der Waals surface area contributed by atoms with Crippen LogP contribution in [0.2, 0.25) is 10.0 Å². The van der Waals surface area contributed by atoms with Crippen LogP contribution in [0.5, 0.6) is 0 Å². The highest BCUT2D eigenvalue weighted by Gasteiger charge is 2.21. The van der Waals surface area contributed by atoms with Gasteiger partial charge in [-0.1, -0.05) is 23.2 Å². The summed E-state index contributed by atoms with van der Waals surface area (Å²) in [6, 6.07) is 4.87. The molecule has 0 amide bonds.